The van der Waals surface area contributed by atoms with Gasteiger partial charge in [-0.1, -0.05) is 29.8 Å². The minimum Gasteiger partial charge on any atom is -0.325 e. The highest BCUT2D eigenvalue weighted by molar-refractivity contribution is 6.30. The first-order valence-electron chi connectivity index (χ1n) is 5.57. The molecule has 0 amide bonds. The summed E-state index contributed by atoms with van der Waals surface area (Å²) in [5.41, 5.74) is 8.35. The van der Waals surface area contributed by atoms with Crippen LogP contribution in [0.15, 0.2) is 42.7 Å². The smallest absolute Gasteiger partial charge is 0.0790 e. The van der Waals surface area contributed by atoms with Crippen LogP contribution in [0.5, 0.6) is 0 Å². The van der Waals surface area contributed by atoms with Crippen molar-refractivity contribution < 1.29 is 0 Å². The van der Waals surface area contributed by atoms with E-state index >= 15 is 0 Å². The largest absolute Gasteiger partial charge is 0.325 e. The zero-order valence-corrected chi connectivity index (χ0v) is 10.3. The van der Waals surface area contributed by atoms with Crippen LogP contribution in [0.4, 0.5) is 0 Å². The van der Waals surface area contributed by atoms with Crippen LogP contribution in [-0.4, -0.2) is 14.8 Å². The molecule has 0 aliphatic carbocycles. The number of hydrogen-bond acceptors (Lipinski definition) is 3. The Bertz CT molecular complexity index is 705. The summed E-state index contributed by atoms with van der Waals surface area (Å²) in [4.78, 5) is 4.49. The third kappa shape index (κ3) is 1.85. The van der Waals surface area contributed by atoms with E-state index in [2.05, 4.69) is 10.1 Å². The molecule has 0 aliphatic heterocycles. The highest BCUT2D eigenvalue weighted by Crippen LogP contribution is 2.22. The first-order chi connectivity index (χ1) is 8.78. The van der Waals surface area contributed by atoms with Crippen molar-refractivity contribution in [1.29, 1.82) is 0 Å². The summed E-state index contributed by atoms with van der Waals surface area (Å²) in [6, 6.07) is 9.83. The number of halogens is 1. The molecule has 2 aromatic heterocycles. The van der Waals surface area contributed by atoms with E-state index in [-0.39, 0.29) is 0 Å². The summed E-state index contributed by atoms with van der Waals surface area (Å²) in [5, 5.41) is 5.85. The summed E-state index contributed by atoms with van der Waals surface area (Å²) in [6.07, 6.45) is 3.38. The fourth-order valence-corrected chi connectivity index (χ4v) is 2.07. The summed E-state index contributed by atoms with van der Waals surface area (Å²) in [7, 11) is 0. The van der Waals surface area contributed by atoms with E-state index in [1.807, 2.05) is 30.3 Å². The van der Waals surface area contributed by atoms with E-state index in [1.165, 1.54) is 0 Å². The third-order valence-electron chi connectivity index (χ3n) is 2.75. The molecule has 3 rings (SSSR count). The summed E-state index contributed by atoms with van der Waals surface area (Å²) < 4.78 is 1.74. The first kappa shape index (κ1) is 11.2. The van der Waals surface area contributed by atoms with Gasteiger partial charge in [0.25, 0.3) is 0 Å². The second-order valence-corrected chi connectivity index (χ2v) is 4.39. The Kier molecular flexibility index (Phi) is 2.74. The molecule has 0 fully saturated rings. The van der Waals surface area contributed by atoms with Gasteiger partial charge in [0.2, 0.25) is 0 Å². The van der Waals surface area contributed by atoms with Gasteiger partial charge >= 0.3 is 0 Å². The van der Waals surface area contributed by atoms with Crippen molar-refractivity contribution in [2.24, 2.45) is 5.73 Å². The minimum atomic E-state index is 0.396. The van der Waals surface area contributed by atoms with Gasteiger partial charge < -0.3 is 5.73 Å². The number of nitrogens with zero attached hydrogens (tertiary/aromatic N) is 3. The zero-order chi connectivity index (χ0) is 12.5. The van der Waals surface area contributed by atoms with Gasteiger partial charge in [-0.15, -0.1) is 0 Å². The van der Waals surface area contributed by atoms with Gasteiger partial charge in [-0.3, -0.25) is 4.98 Å². The predicted molar refractivity (Wildman–Crippen MR) is 71.8 cm³/mol. The van der Waals surface area contributed by atoms with Gasteiger partial charge in [0.1, 0.15) is 0 Å². The number of para-hydroxylation sites is 1. The molecular formula is C13H11ClN4. The van der Waals surface area contributed by atoms with Crippen LogP contribution in [0.3, 0.4) is 0 Å². The Balaban J connectivity index is 2.32. The molecule has 3 aromatic rings. The van der Waals surface area contributed by atoms with Crippen LogP contribution in [0.1, 0.15) is 5.69 Å². The molecule has 90 valence electrons. The fourth-order valence-electron chi connectivity index (χ4n) is 1.94. The maximum absolute atomic E-state index is 5.91. The number of rotatable bonds is 2. The summed E-state index contributed by atoms with van der Waals surface area (Å²) in [5.74, 6) is 0. The number of pyridine rings is 1. The predicted octanol–water partition coefficient (Wildman–Crippen LogP) is 2.53. The lowest BCUT2D eigenvalue weighted by Crippen LogP contribution is -2.04. The van der Waals surface area contributed by atoms with Gasteiger partial charge in [-0.2, -0.15) is 5.10 Å². The van der Waals surface area contributed by atoms with E-state index in [0.29, 0.717) is 11.6 Å². The molecule has 0 saturated carbocycles. The van der Waals surface area contributed by atoms with Crippen LogP contribution in [0.2, 0.25) is 5.02 Å². The Morgan fingerprint density at radius 3 is 2.83 bits per heavy atom. The van der Waals surface area contributed by atoms with E-state index in [0.717, 1.165) is 22.3 Å². The molecule has 0 aliphatic rings. The molecule has 2 heterocycles. The number of aromatic nitrogens is 3. The quantitative estimate of drug-likeness (QED) is 0.768. The van der Waals surface area contributed by atoms with Crippen molar-refractivity contribution in [1.82, 2.24) is 14.8 Å². The van der Waals surface area contributed by atoms with Crippen LogP contribution < -0.4 is 5.73 Å². The van der Waals surface area contributed by atoms with Gasteiger partial charge in [0, 0.05) is 18.1 Å². The number of benzene rings is 1. The lowest BCUT2D eigenvalue weighted by molar-refractivity contribution is 0.878. The van der Waals surface area contributed by atoms with Crippen molar-refractivity contribution in [3.05, 3.63) is 53.4 Å². The van der Waals surface area contributed by atoms with E-state index < -0.39 is 0 Å². The summed E-state index contributed by atoms with van der Waals surface area (Å²) in [6.45, 7) is 0.396. The summed E-state index contributed by atoms with van der Waals surface area (Å²) >= 11 is 5.91. The average molecular weight is 259 g/mol. The van der Waals surface area contributed by atoms with Crippen LogP contribution in [0, 0.1) is 0 Å². The maximum Gasteiger partial charge on any atom is 0.0790 e. The first-order valence-corrected chi connectivity index (χ1v) is 5.95. The lowest BCUT2D eigenvalue weighted by Gasteiger charge is -2.08. The van der Waals surface area contributed by atoms with Gasteiger partial charge in [-0.25, -0.2) is 4.68 Å². The van der Waals surface area contributed by atoms with Crippen molar-refractivity contribution in [3.8, 4) is 5.69 Å². The highest BCUT2D eigenvalue weighted by atomic mass is 35.5. The average Bonchev–Trinajstić information content (AvgIpc) is 2.84. The highest BCUT2D eigenvalue weighted by Gasteiger charge is 2.07. The molecule has 1 aromatic carbocycles. The molecule has 2 N–H and O–H groups in total. The maximum atomic E-state index is 5.91. The van der Waals surface area contributed by atoms with Gasteiger partial charge in [0.05, 0.1) is 28.1 Å². The fraction of sp³-hybridized carbons (Fsp3) is 0.0769. The Hall–Kier alpha value is -1.91. The van der Waals surface area contributed by atoms with E-state index in [4.69, 9.17) is 17.3 Å². The molecule has 0 radical (unpaired) electrons. The molecule has 0 spiro atoms. The Labute approximate surface area is 109 Å². The van der Waals surface area contributed by atoms with Crippen molar-refractivity contribution in [2.75, 3.05) is 0 Å². The number of nitrogens with two attached hydrogens (primary N) is 1. The third-order valence-corrected chi connectivity index (χ3v) is 2.95. The second-order valence-electron chi connectivity index (χ2n) is 3.96. The molecule has 0 saturated heterocycles. The van der Waals surface area contributed by atoms with Gasteiger partial charge in [0.15, 0.2) is 0 Å². The molecule has 0 bridgehead atoms. The molecule has 5 heteroatoms. The Morgan fingerprint density at radius 2 is 2.11 bits per heavy atom. The standard InChI is InChI=1S/C13H11ClN4/c14-9-7-16-18(8-9)13-5-10(6-15)17-12-4-2-1-3-11(12)13/h1-5,7-8H,6,15H2. The zero-order valence-electron chi connectivity index (χ0n) is 9.55. The SMILES string of the molecule is NCc1cc(-n2cc(Cl)cn2)c2ccccc2n1. The molecule has 18 heavy (non-hydrogen) atoms. The number of hydrogen-bond donors (Lipinski definition) is 1. The van der Waals surface area contributed by atoms with Crippen molar-refractivity contribution in [3.63, 3.8) is 0 Å². The molecular weight excluding hydrogens is 248 g/mol. The second kappa shape index (κ2) is 4.40. The number of fused-ring (bicyclic) bond motifs is 1. The van der Waals surface area contributed by atoms with Crippen molar-refractivity contribution in [2.45, 2.75) is 6.54 Å². The monoisotopic (exact) mass is 258 g/mol. The molecule has 0 unspecified atom stereocenters. The van der Waals surface area contributed by atoms with E-state index in [9.17, 15) is 0 Å². The topological polar surface area (TPSA) is 56.7 Å². The molecule has 0 atom stereocenters. The molecule has 4 nitrogen and oxygen atoms in total. The van der Waals surface area contributed by atoms with Gasteiger partial charge in [-0.05, 0) is 12.1 Å². The lowest BCUT2D eigenvalue weighted by atomic mass is 10.1. The van der Waals surface area contributed by atoms with Crippen LogP contribution in [-0.2, 0) is 6.54 Å². The van der Waals surface area contributed by atoms with E-state index in [1.54, 1.807) is 17.1 Å². The van der Waals surface area contributed by atoms with Crippen LogP contribution >= 0.6 is 11.6 Å². The normalized spacial score (nSPS) is 11.0. The van der Waals surface area contributed by atoms with Crippen molar-refractivity contribution >= 4 is 22.5 Å². The minimum absolute atomic E-state index is 0.396. The van der Waals surface area contributed by atoms with Crippen LogP contribution in [0.25, 0.3) is 16.6 Å². The Morgan fingerprint density at radius 1 is 1.28 bits per heavy atom.